The van der Waals surface area contributed by atoms with E-state index in [1.54, 1.807) is 6.92 Å². The van der Waals surface area contributed by atoms with Gasteiger partial charge in [0.05, 0.1) is 6.04 Å². The molecule has 1 heterocycles. The molecule has 118 valence electrons. The number of hydrogen-bond acceptors (Lipinski definition) is 3. The standard InChI is InChI=1S/C17H17N3O3/c1-10(19-17(18)22)16(21)20-15-11-6-2-4-8-13(11)23-14-9-5-3-7-12(14)15/h2-10,15H,1H3,(H,20,21)(H3,18,19,22). The zero-order valence-electron chi connectivity index (χ0n) is 12.6. The fraction of sp³-hybridized carbons (Fsp3) is 0.176. The van der Waals surface area contributed by atoms with Crippen LogP contribution in [0.15, 0.2) is 48.5 Å². The van der Waals surface area contributed by atoms with Crippen LogP contribution in [0.4, 0.5) is 4.79 Å². The Bertz CT molecular complexity index is 715. The fourth-order valence-corrected chi connectivity index (χ4v) is 2.61. The SMILES string of the molecule is CC(NC(N)=O)C(=O)NC1c2ccccc2Oc2ccccc21. The number of primary amides is 1. The fourth-order valence-electron chi connectivity index (χ4n) is 2.61. The van der Waals surface area contributed by atoms with Crippen LogP contribution >= 0.6 is 0 Å². The Hall–Kier alpha value is -3.02. The van der Waals surface area contributed by atoms with E-state index in [1.807, 2.05) is 48.5 Å². The number of carbonyl (C=O) groups excluding carboxylic acids is 2. The van der Waals surface area contributed by atoms with Crippen molar-refractivity contribution in [1.82, 2.24) is 10.6 Å². The Morgan fingerprint density at radius 1 is 1.04 bits per heavy atom. The maximum atomic E-state index is 12.3. The zero-order valence-corrected chi connectivity index (χ0v) is 12.6. The zero-order chi connectivity index (χ0) is 16.4. The smallest absolute Gasteiger partial charge is 0.312 e. The van der Waals surface area contributed by atoms with Crippen molar-refractivity contribution in [3.63, 3.8) is 0 Å². The lowest BCUT2D eigenvalue weighted by atomic mass is 9.94. The van der Waals surface area contributed by atoms with E-state index in [1.165, 1.54) is 0 Å². The topological polar surface area (TPSA) is 93.5 Å². The molecule has 23 heavy (non-hydrogen) atoms. The number of rotatable bonds is 3. The first kappa shape index (κ1) is 14.9. The van der Waals surface area contributed by atoms with Crippen molar-refractivity contribution in [3.8, 4) is 11.5 Å². The van der Waals surface area contributed by atoms with Crippen LogP contribution in [-0.2, 0) is 4.79 Å². The first-order chi connectivity index (χ1) is 11.1. The largest absolute Gasteiger partial charge is 0.457 e. The Labute approximate surface area is 133 Å². The Morgan fingerprint density at radius 2 is 1.57 bits per heavy atom. The lowest BCUT2D eigenvalue weighted by Crippen LogP contribution is -2.48. The molecule has 0 spiro atoms. The van der Waals surface area contributed by atoms with Gasteiger partial charge in [-0.25, -0.2) is 4.79 Å². The van der Waals surface area contributed by atoms with E-state index < -0.39 is 12.1 Å². The highest BCUT2D eigenvalue weighted by Crippen LogP contribution is 2.42. The number of para-hydroxylation sites is 2. The molecular weight excluding hydrogens is 294 g/mol. The Kier molecular flexibility index (Phi) is 3.89. The highest BCUT2D eigenvalue weighted by molar-refractivity contribution is 5.87. The molecule has 1 aliphatic heterocycles. The van der Waals surface area contributed by atoms with Crippen molar-refractivity contribution in [2.45, 2.75) is 19.0 Å². The van der Waals surface area contributed by atoms with Crippen molar-refractivity contribution >= 4 is 11.9 Å². The molecule has 1 unspecified atom stereocenters. The molecule has 2 aromatic rings. The quantitative estimate of drug-likeness (QED) is 0.810. The number of fused-ring (bicyclic) bond motifs is 2. The molecule has 0 radical (unpaired) electrons. The molecule has 6 heteroatoms. The second kappa shape index (κ2) is 6.00. The van der Waals surface area contributed by atoms with Crippen molar-refractivity contribution < 1.29 is 14.3 Å². The molecule has 0 saturated carbocycles. The highest BCUT2D eigenvalue weighted by atomic mass is 16.5. The monoisotopic (exact) mass is 311 g/mol. The molecule has 3 rings (SSSR count). The van der Waals surface area contributed by atoms with Crippen molar-refractivity contribution in [2.75, 3.05) is 0 Å². The number of carbonyl (C=O) groups is 2. The Morgan fingerprint density at radius 3 is 2.09 bits per heavy atom. The van der Waals surface area contributed by atoms with Gasteiger partial charge in [0, 0.05) is 11.1 Å². The van der Waals surface area contributed by atoms with Gasteiger partial charge in [0.15, 0.2) is 0 Å². The van der Waals surface area contributed by atoms with Gasteiger partial charge in [-0.3, -0.25) is 4.79 Å². The third-order valence-electron chi connectivity index (χ3n) is 3.72. The van der Waals surface area contributed by atoms with Gasteiger partial charge in [-0.15, -0.1) is 0 Å². The average Bonchev–Trinajstić information content (AvgIpc) is 2.53. The normalized spacial score (nSPS) is 14.0. The lowest BCUT2D eigenvalue weighted by Gasteiger charge is -2.29. The molecule has 1 atom stereocenters. The van der Waals surface area contributed by atoms with E-state index in [2.05, 4.69) is 10.6 Å². The van der Waals surface area contributed by atoms with E-state index in [0.29, 0.717) is 11.5 Å². The van der Waals surface area contributed by atoms with Gasteiger partial charge in [0.25, 0.3) is 0 Å². The molecule has 0 fully saturated rings. The summed E-state index contributed by atoms with van der Waals surface area (Å²) >= 11 is 0. The number of amides is 3. The number of nitrogens with one attached hydrogen (secondary N) is 2. The van der Waals surface area contributed by atoms with Crippen LogP contribution < -0.4 is 21.1 Å². The number of nitrogens with two attached hydrogens (primary N) is 1. The molecule has 2 aromatic carbocycles. The molecule has 0 aromatic heterocycles. The maximum Gasteiger partial charge on any atom is 0.312 e. The van der Waals surface area contributed by atoms with Gasteiger partial charge in [-0.2, -0.15) is 0 Å². The van der Waals surface area contributed by atoms with Gasteiger partial charge < -0.3 is 21.1 Å². The van der Waals surface area contributed by atoms with Gasteiger partial charge in [-0.1, -0.05) is 36.4 Å². The average molecular weight is 311 g/mol. The van der Waals surface area contributed by atoms with Gasteiger partial charge >= 0.3 is 6.03 Å². The molecular formula is C17H17N3O3. The second-order valence-corrected chi connectivity index (χ2v) is 5.35. The maximum absolute atomic E-state index is 12.3. The number of benzene rings is 2. The first-order valence-corrected chi connectivity index (χ1v) is 7.28. The summed E-state index contributed by atoms with van der Waals surface area (Å²) < 4.78 is 5.87. The molecule has 0 bridgehead atoms. The summed E-state index contributed by atoms with van der Waals surface area (Å²) in [5.41, 5.74) is 6.80. The minimum Gasteiger partial charge on any atom is -0.457 e. The van der Waals surface area contributed by atoms with Crippen LogP contribution in [0.5, 0.6) is 11.5 Å². The van der Waals surface area contributed by atoms with E-state index in [0.717, 1.165) is 11.1 Å². The van der Waals surface area contributed by atoms with Crippen LogP contribution in [-0.4, -0.2) is 18.0 Å². The first-order valence-electron chi connectivity index (χ1n) is 7.28. The summed E-state index contributed by atoms with van der Waals surface area (Å²) in [5.74, 6) is 1.08. The van der Waals surface area contributed by atoms with Gasteiger partial charge in [-0.05, 0) is 19.1 Å². The summed E-state index contributed by atoms with van der Waals surface area (Å²) in [6.07, 6.45) is 0. The third kappa shape index (κ3) is 2.96. The predicted octanol–water partition coefficient (Wildman–Crippen LogP) is 2.05. The lowest BCUT2D eigenvalue weighted by molar-refractivity contribution is -0.123. The van der Waals surface area contributed by atoms with Crippen LogP contribution in [0, 0.1) is 0 Å². The van der Waals surface area contributed by atoms with Crippen LogP contribution in [0.3, 0.4) is 0 Å². The Balaban J connectivity index is 1.92. The van der Waals surface area contributed by atoms with E-state index >= 15 is 0 Å². The molecule has 4 N–H and O–H groups in total. The molecule has 6 nitrogen and oxygen atoms in total. The summed E-state index contributed by atoms with van der Waals surface area (Å²) in [7, 11) is 0. The van der Waals surface area contributed by atoms with Crippen molar-refractivity contribution in [3.05, 3.63) is 59.7 Å². The van der Waals surface area contributed by atoms with E-state index in [4.69, 9.17) is 10.5 Å². The summed E-state index contributed by atoms with van der Waals surface area (Å²) in [6, 6.07) is 13.2. The van der Waals surface area contributed by atoms with Gasteiger partial charge in [0.1, 0.15) is 17.5 Å². The number of ether oxygens (including phenoxy) is 1. The minimum atomic E-state index is -0.736. The van der Waals surface area contributed by atoms with Crippen LogP contribution in [0.25, 0.3) is 0 Å². The summed E-state index contributed by atoms with van der Waals surface area (Å²) in [6.45, 7) is 1.58. The summed E-state index contributed by atoms with van der Waals surface area (Å²) in [5, 5.41) is 5.32. The second-order valence-electron chi connectivity index (χ2n) is 5.35. The molecule has 1 aliphatic rings. The minimum absolute atomic E-state index is 0.319. The van der Waals surface area contributed by atoms with E-state index in [9.17, 15) is 9.59 Å². The van der Waals surface area contributed by atoms with Crippen LogP contribution in [0.2, 0.25) is 0 Å². The molecule has 3 amide bonds. The van der Waals surface area contributed by atoms with Gasteiger partial charge in [0.2, 0.25) is 5.91 Å². The number of urea groups is 1. The summed E-state index contributed by atoms with van der Waals surface area (Å²) in [4.78, 5) is 23.3. The number of hydrogen-bond donors (Lipinski definition) is 3. The third-order valence-corrected chi connectivity index (χ3v) is 3.72. The molecule has 0 saturated heterocycles. The van der Waals surface area contributed by atoms with Crippen molar-refractivity contribution in [2.24, 2.45) is 5.73 Å². The predicted molar refractivity (Wildman–Crippen MR) is 85.1 cm³/mol. The van der Waals surface area contributed by atoms with Crippen molar-refractivity contribution in [1.29, 1.82) is 0 Å². The highest BCUT2D eigenvalue weighted by Gasteiger charge is 2.29. The van der Waals surface area contributed by atoms with Crippen LogP contribution in [0.1, 0.15) is 24.1 Å². The van der Waals surface area contributed by atoms with E-state index in [-0.39, 0.29) is 11.9 Å². The molecule has 0 aliphatic carbocycles.